The summed E-state index contributed by atoms with van der Waals surface area (Å²) in [4.78, 5) is 21.1. The van der Waals surface area contributed by atoms with Gasteiger partial charge in [-0.15, -0.1) is 0 Å². The zero-order valence-corrected chi connectivity index (χ0v) is 22.4. The van der Waals surface area contributed by atoms with Crippen LogP contribution in [0.15, 0.2) is 36.7 Å². The predicted molar refractivity (Wildman–Crippen MR) is 144 cm³/mol. The van der Waals surface area contributed by atoms with Gasteiger partial charge in [-0.25, -0.2) is 9.97 Å². The fourth-order valence-electron chi connectivity index (χ4n) is 4.49. The van der Waals surface area contributed by atoms with Gasteiger partial charge in [-0.1, -0.05) is 36.9 Å². The molecule has 2 aliphatic rings. The van der Waals surface area contributed by atoms with Crippen molar-refractivity contribution in [3.05, 3.63) is 47.2 Å². The van der Waals surface area contributed by atoms with Gasteiger partial charge >= 0.3 is 0 Å². The highest BCUT2D eigenvalue weighted by Gasteiger charge is 2.20. The molecule has 2 heterocycles. The first kappa shape index (κ1) is 26.7. The molecule has 9 heteroatoms. The number of carbonyl (C=O) groups is 1. The number of carbonyl (C=O) groups excluding carboxylic acids is 1. The van der Waals surface area contributed by atoms with Crippen LogP contribution < -0.4 is 14.2 Å². The molecule has 5 rings (SSSR count). The smallest absolute Gasteiger partial charge is 0.230 e. The molecule has 0 unspecified atom stereocenters. The summed E-state index contributed by atoms with van der Waals surface area (Å²) in [6.07, 6.45) is 8.14. The lowest BCUT2D eigenvalue weighted by atomic mass is 9.81. The lowest BCUT2D eigenvalue weighted by molar-refractivity contribution is -0.130. The minimum absolute atomic E-state index is 0.204. The summed E-state index contributed by atoms with van der Waals surface area (Å²) < 4.78 is 28.4. The van der Waals surface area contributed by atoms with Crippen molar-refractivity contribution in [1.29, 1.82) is 0 Å². The standard InChI is InChI=1S/C29H33ClN2O6/c1-34-27-14-24-26(15-28(27)37-11-3-10-36-23-16-35-17-23)31-18-32-29(24)38-22-9-7-20(25(30)13-22)12-21(33)8-6-19-4-2-5-19/h7,9,13-15,18-19,23H,2-6,8,10-12,16-17H2,1H3. The first-order valence-electron chi connectivity index (χ1n) is 13.2. The number of benzene rings is 2. The van der Waals surface area contributed by atoms with Crippen molar-refractivity contribution in [3.63, 3.8) is 0 Å². The molecule has 1 aliphatic carbocycles. The van der Waals surface area contributed by atoms with Gasteiger partial charge in [-0.3, -0.25) is 4.79 Å². The number of hydrogen-bond acceptors (Lipinski definition) is 8. The molecule has 1 aliphatic heterocycles. The Labute approximate surface area is 227 Å². The first-order chi connectivity index (χ1) is 18.6. The SMILES string of the molecule is COc1cc2c(Oc3ccc(CC(=O)CCC4CCC4)c(Cl)c3)ncnc2cc1OCCCOC1COC1. The second kappa shape index (κ2) is 12.7. The normalized spacial score (nSPS) is 15.6. The molecule has 2 fully saturated rings. The summed E-state index contributed by atoms with van der Waals surface area (Å²) in [5.74, 6) is 2.99. The van der Waals surface area contributed by atoms with E-state index < -0.39 is 0 Å². The second-order valence-corrected chi connectivity index (χ2v) is 10.2. The Bertz CT molecular complexity index is 1260. The molecule has 0 bridgehead atoms. The molecule has 0 N–H and O–H groups in total. The zero-order valence-electron chi connectivity index (χ0n) is 21.6. The van der Waals surface area contributed by atoms with E-state index in [1.165, 1.54) is 25.6 Å². The van der Waals surface area contributed by atoms with E-state index in [-0.39, 0.29) is 11.9 Å². The van der Waals surface area contributed by atoms with Gasteiger partial charge in [0.15, 0.2) is 11.5 Å². The molecular weight excluding hydrogens is 508 g/mol. The number of nitrogens with zero attached hydrogens (tertiary/aromatic N) is 2. The number of rotatable bonds is 14. The fourth-order valence-corrected chi connectivity index (χ4v) is 4.73. The van der Waals surface area contributed by atoms with Gasteiger partial charge in [0.2, 0.25) is 5.88 Å². The summed E-state index contributed by atoms with van der Waals surface area (Å²) in [5, 5.41) is 1.18. The van der Waals surface area contributed by atoms with Crippen LogP contribution in [0, 0.1) is 5.92 Å². The molecule has 0 spiro atoms. The Balaban J connectivity index is 1.22. The Kier molecular flexibility index (Phi) is 8.94. The molecule has 1 saturated carbocycles. The largest absolute Gasteiger partial charge is 0.493 e. The number of methoxy groups -OCH3 is 1. The summed E-state index contributed by atoms with van der Waals surface area (Å²) >= 11 is 6.51. The van der Waals surface area contributed by atoms with Crippen LogP contribution in [0.4, 0.5) is 0 Å². The van der Waals surface area contributed by atoms with Crippen LogP contribution in [0.3, 0.4) is 0 Å². The number of aromatic nitrogens is 2. The van der Waals surface area contributed by atoms with E-state index in [0.717, 1.165) is 24.3 Å². The van der Waals surface area contributed by atoms with E-state index in [2.05, 4.69) is 9.97 Å². The van der Waals surface area contributed by atoms with E-state index in [1.807, 2.05) is 12.1 Å². The van der Waals surface area contributed by atoms with Gasteiger partial charge < -0.3 is 23.7 Å². The third-order valence-electron chi connectivity index (χ3n) is 7.07. The topological polar surface area (TPSA) is 89.0 Å². The van der Waals surface area contributed by atoms with E-state index in [4.69, 9.17) is 35.3 Å². The molecule has 8 nitrogen and oxygen atoms in total. The molecule has 1 saturated heterocycles. The molecule has 202 valence electrons. The highest BCUT2D eigenvalue weighted by atomic mass is 35.5. The third kappa shape index (κ3) is 6.73. The first-order valence-corrected chi connectivity index (χ1v) is 13.6. The Morgan fingerprint density at radius 2 is 1.97 bits per heavy atom. The lowest BCUT2D eigenvalue weighted by Gasteiger charge is -2.25. The highest BCUT2D eigenvalue weighted by molar-refractivity contribution is 6.31. The average molecular weight is 541 g/mol. The maximum Gasteiger partial charge on any atom is 0.230 e. The lowest BCUT2D eigenvalue weighted by Crippen LogP contribution is -2.36. The monoisotopic (exact) mass is 540 g/mol. The quantitative estimate of drug-likeness (QED) is 0.231. The van der Waals surface area contributed by atoms with Crippen LogP contribution in [0.25, 0.3) is 10.9 Å². The summed E-state index contributed by atoms with van der Waals surface area (Å²) in [7, 11) is 1.59. The second-order valence-electron chi connectivity index (χ2n) is 9.84. The van der Waals surface area contributed by atoms with Gasteiger partial charge in [0, 0.05) is 30.4 Å². The maximum absolute atomic E-state index is 12.4. The molecule has 0 atom stereocenters. The number of halogens is 1. The van der Waals surface area contributed by atoms with Crippen molar-refractivity contribution in [2.75, 3.05) is 33.5 Å². The van der Waals surface area contributed by atoms with Crippen LogP contribution >= 0.6 is 11.6 Å². The Hall–Kier alpha value is -2.94. The summed E-state index contributed by atoms with van der Waals surface area (Å²) in [6, 6.07) is 8.99. The molecule has 0 amide bonds. The minimum atomic E-state index is 0.204. The van der Waals surface area contributed by atoms with Gasteiger partial charge in [-0.2, -0.15) is 0 Å². The number of Topliss-reactive ketones (excluding diaryl/α,β-unsaturated/α-hetero) is 1. The van der Waals surface area contributed by atoms with Crippen LogP contribution in [0.1, 0.15) is 44.1 Å². The van der Waals surface area contributed by atoms with Crippen molar-refractivity contribution < 1.29 is 28.5 Å². The molecule has 3 aromatic rings. The average Bonchev–Trinajstić information content (AvgIpc) is 2.85. The van der Waals surface area contributed by atoms with Crippen molar-refractivity contribution in [2.45, 2.75) is 51.0 Å². The Morgan fingerprint density at radius 3 is 2.68 bits per heavy atom. The van der Waals surface area contributed by atoms with E-state index in [0.29, 0.717) is 78.3 Å². The van der Waals surface area contributed by atoms with Gasteiger partial charge in [0.05, 0.1) is 44.4 Å². The highest BCUT2D eigenvalue weighted by Crippen LogP contribution is 2.37. The maximum atomic E-state index is 12.4. The van der Waals surface area contributed by atoms with Gasteiger partial charge in [0.1, 0.15) is 24.0 Å². The molecule has 1 aromatic heterocycles. The molecule has 2 aromatic carbocycles. The van der Waals surface area contributed by atoms with Crippen molar-refractivity contribution in [1.82, 2.24) is 9.97 Å². The summed E-state index contributed by atoms with van der Waals surface area (Å²) in [5.41, 5.74) is 1.47. The van der Waals surface area contributed by atoms with E-state index >= 15 is 0 Å². The zero-order chi connectivity index (χ0) is 26.3. The van der Waals surface area contributed by atoms with E-state index in [9.17, 15) is 4.79 Å². The molecule has 0 radical (unpaired) electrons. The number of ketones is 1. The summed E-state index contributed by atoms with van der Waals surface area (Å²) in [6.45, 7) is 2.43. The van der Waals surface area contributed by atoms with Gasteiger partial charge in [-0.05, 0) is 36.1 Å². The minimum Gasteiger partial charge on any atom is -0.493 e. The number of hydrogen-bond donors (Lipinski definition) is 0. The molecule has 38 heavy (non-hydrogen) atoms. The van der Waals surface area contributed by atoms with Crippen molar-refractivity contribution in [2.24, 2.45) is 5.92 Å². The molecular formula is C29H33ClN2O6. The predicted octanol–water partition coefficient (Wildman–Crippen LogP) is 5.96. The van der Waals surface area contributed by atoms with Crippen molar-refractivity contribution >= 4 is 28.3 Å². The van der Waals surface area contributed by atoms with Crippen LogP contribution in [0.5, 0.6) is 23.1 Å². The fraction of sp³-hybridized carbons (Fsp3) is 0.483. The third-order valence-corrected chi connectivity index (χ3v) is 7.43. The van der Waals surface area contributed by atoms with Crippen LogP contribution in [-0.4, -0.2) is 55.4 Å². The number of fused-ring (bicyclic) bond motifs is 1. The number of ether oxygens (including phenoxy) is 5. The van der Waals surface area contributed by atoms with E-state index in [1.54, 1.807) is 25.3 Å². The van der Waals surface area contributed by atoms with Crippen LogP contribution in [0.2, 0.25) is 5.02 Å². The van der Waals surface area contributed by atoms with Crippen LogP contribution in [-0.2, 0) is 20.7 Å². The van der Waals surface area contributed by atoms with Gasteiger partial charge in [0.25, 0.3) is 0 Å². The Morgan fingerprint density at radius 1 is 1.11 bits per heavy atom. The van der Waals surface area contributed by atoms with Crippen molar-refractivity contribution in [3.8, 4) is 23.1 Å².